The lowest BCUT2D eigenvalue weighted by Gasteiger charge is -2.29. The number of benzene rings is 6. The Hall–Kier alpha value is -4.40. The van der Waals surface area contributed by atoms with Gasteiger partial charge in [0.1, 0.15) is 0 Å². The van der Waals surface area contributed by atoms with Crippen LogP contribution in [0, 0.1) is 0 Å². The minimum absolute atomic E-state index is 0.0698. The fourth-order valence-electron chi connectivity index (χ4n) is 6.20. The maximum atomic E-state index is 3.82. The Labute approximate surface area is 250 Å². The Balaban J connectivity index is 1.39. The van der Waals surface area contributed by atoms with Crippen LogP contribution in [-0.2, 0) is 5.41 Å². The van der Waals surface area contributed by atoms with Crippen molar-refractivity contribution in [3.05, 3.63) is 161 Å². The van der Waals surface area contributed by atoms with E-state index in [2.05, 4.69) is 180 Å². The number of halogens is 1. The standard InChI is InChI=1S/C39H30BrN/c1-39(2)36-16-10-9-15-33(36)34-23-21-32(26-37(34)39)41(30-19-17-28(18-20-30)27-11-5-3-6-12-27)31-22-24-38(40)35(25-31)29-13-7-4-8-14-29/h3-26H,1-2H3. The summed E-state index contributed by atoms with van der Waals surface area (Å²) in [4.78, 5) is 2.38. The lowest BCUT2D eigenvalue weighted by Crippen LogP contribution is -2.16. The van der Waals surface area contributed by atoms with E-state index in [1.165, 1.54) is 44.5 Å². The number of rotatable bonds is 5. The van der Waals surface area contributed by atoms with Gasteiger partial charge in [0.05, 0.1) is 0 Å². The zero-order valence-electron chi connectivity index (χ0n) is 23.2. The molecule has 0 saturated heterocycles. The van der Waals surface area contributed by atoms with Gasteiger partial charge in [0.15, 0.2) is 0 Å². The highest BCUT2D eigenvalue weighted by molar-refractivity contribution is 9.10. The predicted octanol–water partition coefficient (Wildman–Crippen LogP) is 11.6. The summed E-state index contributed by atoms with van der Waals surface area (Å²) >= 11 is 3.82. The second kappa shape index (κ2) is 10.2. The molecule has 1 aliphatic carbocycles. The minimum Gasteiger partial charge on any atom is -0.310 e. The summed E-state index contributed by atoms with van der Waals surface area (Å²) < 4.78 is 1.08. The molecule has 0 fully saturated rings. The van der Waals surface area contributed by atoms with Gasteiger partial charge in [-0.15, -0.1) is 0 Å². The van der Waals surface area contributed by atoms with Crippen LogP contribution < -0.4 is 4.90 Å². The first-order valence-electron chi connectivity index (χ1n) is 14.1. The highest BCUT2D eigenvalue weighted by Gasteiger charge is 2.35. The number of nitrogens with zero attached hydrogens (tertiary/aromatic N) is 1. The molecule has 0 spiro atoms. The van der Waals surface area contributed by atoms with Gasteiger partial charge in [0.2, 0.25) is 0 Å². The van der Waals surface area contributed by atoms with Crippen molar-refractivity contribution >= 4 is 33.0 Å². The largest absolute Gasteiger partial charge is 0.310 e. The van der Waals surface area contributed by atoms with Crippen LogP contribution in [0.25, 0.3) is 33.4 Å². The van der Waals surface area contributed by atoms with Gasteiger partial charge in [0, 0.05) is 26.9 Å². The van der Waals surface area contributed by atoms with Gasteiger partial charge in [-0.1, -0.05) is 133 Å². The summed E-state index contributed by atoms with van der Waals surface area (Å²) in [6.45, 7) is 4.68. The second-order valence-electron chi connectivity index (χ2n) is 11.2. The van der Waals surface area contributed by atoms with Crippen LogP contribution in [-0.4, -0.2) is 0 Å². The molecule has 1 aliphatic rings. The van der Waals surface area contributed by atoms with E-state index in [0.717, 1.165) is 21.5 Å². The zero-order valence-corrected chi connectivity index (χ0v) is 24.8. The molecule has 0 saturated carbocycles. The molecule has 1 nitrogen and oxygen atoms in total. The average Bonchev–Trinajstić information content (AvgIpc) is 3.25. The van der Waals surface area contributed by atoms with Crippen LogP contribution >= 0.6 is 15.9 Å². The smallest absolute Gasteiger partial charge is 0.0468 e. The van der Waals surface area contributed by atoms with Crippen molar-refractivity contribution in [2.24, 2.45) is 0 Å². The Morgan fingerprint density at radius 3 is 1.71 bits per heavy atom. The summed E-state index contributed by atoms with van der Waals surface area (Å²) in [5, 5.41) is 0. The number of anilines is 3. The molecule has 2 heteroatoms. The van der Waals surface area contributed by atoms with E-state index in [9.17, 15) is 0 Å². The Bertz CT molecular complexity index is 1850. The van der Waals surface area contributed by atoms with E-state index in [1.54, 1.807) is 0 Å². The molecule has 0 radical (unpaired) electrons. The van der Waals surface area contributed by atoms with Crippen molar-refractivity contribution in [1.29, 1.82) is 0 Å². The molecule has 7 rings (SSSR count). The third kappa shape index (κ3) is 4.49. The molecule has 0 aromatic heterocycles. The van der Waals surface area contributed by atoms with E-state index in [4.69, 9.17) is 0 Å². The molecule has 0 aliphatic heterocycles. The summed E-state index contributed by atoms with van der Waals surface area (Å²) in [6, 6.07) is 52.5. The molecule has 6 aromatic rings. The van der Waals surface area contributed by atoms with E-state index < -0.39 is 0 Å². The van der Waals surface area contributed by atoms with Crippen molar-refractivity contribution in [1.82, 2.24) is 0 Å². The first-order valence-corrected chi connectivity index (χ1v) is 14.8. The maximum Gasteiger partial charge on any atom is 0.0468 e. The first-order chi connectivity index (χ1) is 20.0. The van der Waals surface area contributed by atoms with Crippen LogP contribution in [0.1, 0.15) is 25.0 Å². The first kappa shape index (κ1) is 25.6. The van der Waals surface area contributed by atoms with Crippen molar-refractivity contribution < 1.29 is 0 Å². The third-order valence-corrected chi connectivity index (χ3v) is 9.04. The van der Waals surface area contributed by atoms with Crippen LogP contribution in [0.5, 0.6) is 0 Å². The molecule has 0 unspecified atom stereocenters. The van der Waals surface area contributed by atoms with E-state index in [-0.39, 0.29) is 5.41 Å². The fraction of sp³-hybridized carbons (Fsp3) is 0.0769. The summed E-state index contributed by atoms with van der Waals surface area (Å²) in [5.74, 6) is 0. The molecule has 198 valence electrons. The third-order valence-electron chi connectivity index (χ3n) is 8.35. The molecule has 6 aromatic carbocycles. The zero-order chi connectivity index (χ0) is 28.0. The van der Waals surface area contributed by atoms with E-state index in [1.807, 2.05) is 0 Å². The fourth-order valence-corrected chi connectivity index (χ4v) is 6.68. The normalized spacial score (nSPS) is 13.0. The summed E-state index contributed by atoms with van der Waals surface area (Å²) in [6.07, 6.45) is 0. The van der Waals surface area contributed by atoms with Crippen LogP contribution in [0.4, 0.5) is 17.1 Å². The molecular weight excluding hydrogens is 562 g/mol. The molecule has 0 bridgehead atoms. The van der Waals surface area contributed by atoms with E-state index >= 15 is 0 Å². The summed E-state index contributed by atoms with van der Waals surface area (Å²) in [5.41, 5.74) is 13.5. The highest BCUT2D eigenvalue weighted by atomic mass is 79.9. The second-order valence-corrected chi connectivity index (χ2v) is 12.0. The van der Waals surface area contributed by atoms with Gasteiger partial charge < -0.3 is 4.90 Å². The van der Waals surface area contributed by atoms with Crippen molar-refractivity contribution in [3.63, 3.8) is 0 Å². The van der Waals surface area contributed by atoms with Crippen LogP contribution in [0.2, 0.25) is 0 Å². The topological polar surface area (TPSA) is 3.24 Å². The minimum atomic E-state index is -0.0698. The van der Waals surface area contributed by atoms with Crippen LogP contribution in [0.15, 0.2) is 150 Å². The number of hydrogen-bond donors (Lipinski definition) is 0. The highest BCUT2D eigenvalue weighted by Crippen LogP contribution is 2.50. The van der Waals surface area contributed by atoms with Gasteiger partial charge in [-0.25, -0.2) is 0 Å². The van der Waals surface area contributed by atoms with Gasteiger partial charge in [0.25, 0.3) is 0 Å². The van der Waals surface area contributed by atoms with Crippen molar-refractivity contribution in [2.75, 3.05) is 4.90 Å². The SMILES string of the molecule is CC1(C)c2ccccc2-c2ccc(N(c3ccc(-c4ccccc4)cc3)c3ccc(Br)c(-c4ccccc4)c3)cc21. The molecule has 0 N–H and O–H groups in total. The monoisotopic (exact) mass is 591 g/mol. The predicted molar refractivity (Wildman–Crippen MR) is 177 cm³/mol. The molecule has 0 atom stereocenters. The van der Waals surface area contributed by atoms with Gasteiger partial charge in [-0.2, -0.15) is 0 Å². The van der Waals surface area contributed by atoms with Gasteiger partial charge >= 0.3 is 0 Å². The molecular formula is C39H30BrN. The van der Waals surface area contributed by atoms with Gasteiger partial charge in [-0.3, -0.25) is 0 Å². The number of hydrogen-bond acceptors (Lipinski definition) is 1. The molecule has 41 heavy (non-hydrogen) atoms. The van der Waals surface area contributed by atoms with Crippen molar-refractivity contribution in [2.45, 2.75) is 19.3 Å². The lowest BCUT2D eigenvalue weighted by atomic mass is 9.82. The quantitative estimate of drug-likeness (QED) is 0.193. The lowest BCUT2D eigenvalue weighted by molar-refractivity contribution is 0.660. The Morgan fingerprint density at radius 2 is 0.976 bits per heavy atom. The maximum absolute atomic E-state index is 3.82. The summed E-state index contributed by atoms with van der Waals surface area (Å²) in [7, 11) is 0. The van der Waals surface area contributed by atoms with Gasteiger partial charge in [-0.05, 0) is 87.0 Å². The Kier molecular flexibility index (Phi) is 6.37. The molecule has 0 amide bonds. The van der Waals surface area contributed by atoms with Crippen molar-refractivity contribution in [3.8, 4) is 33.4 Å². The average molecular weight is 593 g/mol. The van der Waals surface area contributed by atoms with Crippen LogP contribution in [0.3, 0.4) is 0 Å². The molecule has 0 heterocycles. The van der Waals surface area contributed by atoms with E-state index in [0.29, 0.717) is 0 Å². The number of fused-ring (bicyclic) bond motifs is 3. The Morgan fingerprint density at radius 1 is 0.439 bits per heavy atom.